The highest BCUT2D eigenvalue weighted by atomic mass is 35.5. The number of phenols is 1. The molecule has 160 valence electrons. The molecule has 0 spiro atoms. The molecule has 0 fully saturated rings. The van der Waals surface area contributed by atoms with Gasteiger partial charge in [0.25, 0.3) is 0 Å². The van der Waals surface area contributed by atoms with Crippen molar-refractivity contribution in [1.29, 1.82) is 0 Å². The predicted octanol–water partition coefficient (Wildman–Crippen LogP) is 5.88. The molecule has 1 amide bonds. The maximum absolute atomic E-state index is 11.3. The monoisotopic (exact) mass is 457 g/mol. The number of phenolic OH excluding ortho intramolecular Hbond substituents is 1. The summed E-state index contributed by atoms with van der Waals surface area (Å²) in [6.45, 7) is 2.82. The van der Waals surface area contributed by atoms with Crippen molar-refractivity contribution in [2.45, 2.75) is 20.3 Å². The average Bonchev–Trinajstić information content (AvgIpc) is 2.70. The minimum atomic E-state index is -0.171. The number of amides is 1. The molecular weight excluding hydrogens is 437 g/mol. The van der Waals surface area contributed by atoms with Crippen molar-refractivity contribution in [1.82, 2.24) is 0 Å². The topological polar surface area (TPSA) is 75.6 Å². The molecule has 3 aromatic rings. The van der Waals surface area contributed by atoms with Crippen LogP contribution in [0, 0.1) is 0 Å². The second-order valence-electron chi connectivity index (χ2n) is 7.15. The van der Waals surface area contributed by atoms with Gasteiger partial charge in [0, 0.05) is 34.6 Å². The molecule has 5 nitrogen and oxygen atoms in total. The molecule has 0 aromatic heterocycles. The van der Waals surface area contributed by atoms with Crippen LogP contribution in [-0.2, 0) is 16.0 Å². The Morgan fingerprint density at radius 2 is 1.71 bits per heavy atom. The van der Waals surface area contributed by atoms with E-state index in [9.17, 15) is 14.7 Å². The quantitative estimate of drug-likeness (QED) is 0.464. The van der Waals surface area contributed by atoms with E-state index in [4.69, 9.17) is 27.9 Å². The molecule has 3 aromatic carbocycles. The van der Waals surface area contributed by atoms with E-state index in [1.54, 1.807) is 42.5 Å². The third kappa shape index (κ3) is 6.00. The number of hydrogen-bond acceptors (Lipinski definition) is 4. The SMILES string of the molecule is CC(=O)COc1cc(Cl)c(Cc2ccc(O)c(-c3cccc(NC(C)=O)c3)c2)c(Cl)c1. The van der Waals surface area contributed by atoms with Gasteiger partial charge in [-0.1, -0.05) is 41.4 Å². The van der Waals surface area contributed by atoms with Crippen LogP contribution in [0.2, 0.25) is 10.0 Å². The number of carbonyl (C=O) groups excluding carboxylic acids is 2. The molecule has 3 rings (SSSR count). The molecule has 7 heteroatoms. The highest BCUT2D eigenvalue weighted by Crippen LogP contribution is 2.35. The maximum Gasteiger partial charge on any atom is 0.221 e. The Bertz CT molecular complexity index is 1120. The summed E-state index contributed by atoms with van der Waals surface area (Å²) in [5.41, 5.74) is 3.62. The van der Waals surface area contributed by atoms with E-state index in [1.165, 1.54) is 13.8 Å². The van der Waals surface area contributed by atoms with Crippen LogP contribution in [0.5, 0.6) is 11.5 Å². The highest BCUT2D eigenvalue weighted by molar-refractivity contribution is 6.36. The predicted molar refractivity (Wildman–Crippen MR) is 123 cm³/mol. The summed E-state index contributed by atoms with van der Waals surface area (Å²) in [6, 6.07) is 15.8. The molecule has 0 unspecified atom stereocenters. The summed E-state index contributed by atoms with van der Waals surface area (Å²) in [6.07, 6.45) is 0.434. The average molecular weight is 458 g/mol. The summed E-state index contributed by atoms with van der Waals surface area (Å²) in [5, 5.41) is 14.0. The Morgan fingerprint density at radius 3 is 2.35 bits per heavy atom. The van der Waals surface area contributed by atoms with Crippen molar-refractivity contribution in [2.24, 2.45) is 0 Å². The summed E-state index contributed by atoms with van der Waals surface area (Å²) < 4.78 is 5.38. The smallest absolute Gasteiger partial charge is 0.221 e. The van der Waals surface area contributed by atoms with Gasteiger partial charge in [0.2, 0.25) is 5.91 Å². The normalized spacial score (nSPS) is 10.6. The van der Waals surface area contributed by atoms with Gasteiger partial charge in [0.15, 0.2) is 5.78 Å². The van der Waals surface area contributed by atoms with Crippen LogP contribution in [-0.4, -0.2) is 23.4 Å². The Morgan fingerprint density at radius 1 is 1.00 bits per heavy atom. The number of anilines is 1. The fraction of sp³-hybridized carbons (Fsp3) is 0.167. The van der Waals surface area contributed by atoms with Crippen molar-refractivity contribution in [3.05, 3.63) is 75.8 Å². The minimum Gasteiger partial charge on any atom is -0.507 e. The molecule has 0 aliphatic heterocycles. The van der Waals surface area contributed by atoms with E-state index in [0.717, 1.165) is 11.1 Å². The lowest BCUT2D eigenvalue weighted by Gasteiger charge is -2.13. The zero-order chi connectivity index (χ0) is 22.5. The van der Waals surface area contributed by atoms with Crippen LogP contribution in [0.1, 0.15) is 25.0 Å². The fourth-order valence-corrected chi connectivity index (χ4v) is 3.71. The van der Waals surface area contributed by atoms with Crippen LogP contribution < -0.4 is 10.1 Å². The molecule has 0 radical (unpaired) electrons. The van der Waals surface area contributed by atoms with E-state index < -0.39 is 0 Å². The first-order chi connectivity index (χ1) is 14.7. The number of rotatable bonds is 7. The first-order valence-corrected chi connectivity index (χ1v) is 10.3. The fourth-order valence-electron chi connectivity index (χ4n) is 3.11. The summed E-state index contributed by atoms with van der Waals surface area (Å²) in [5.74, 6) is 0.273. The van der Waals surface area contributed by atoms with Crippen molar-refractivity contribution in [2.75, 3.05) is 11.9 Å². The molecule has 0 atom stereocenters. The maximum atomic E-state index is 11.3. The highest BCUT2D eigenvalue weighted by Gasteiger charge is 2.13. The Kier molecular flexibility index (Phi) is 7.21. The van der Waals surface area contributed by atoms with E-state index >= 15 is 0 Å². The van der Waals surface area contributed by atoms with Gasteiger partial charge in [-0.25, -0.2) is 0 Å². The third-order valence-corrected chi connectivity index (χ3v) is 5.17. The van der Waals surface area contributed by atoms with Crippen molar-refractivity contribution < 1.29 is 19.4 Å². The molecule has 0 bridgehead atoms. The zero-order valence-corrected chi connectivity index (χ0v) is 18.6. The molecule has 2 N–H and O–H groups in total. The Hall–Kier alpha value is -3.02. The van der Waals surface area contributed by atoms with Crippen LogP contribution in [0.3, 0.4) is 0 Å². The molecule has 0 saturated heterocycles. The lowest BCUT2D eigenvalue weighted by atomic mass is 9.98. The van der Waals surface area contributed by atoms with Crippen LogP contribution in [0.15, 0.2) is 54.6 Å². The zero-order valence-electron chi connectivity index (χ0n) is 17.0. The molecular formula is C24H21Cl2NO4. The van der Waals surface area contributed by atoms with Gasteiger partial charge in [-0.3, -0.25) is 9.59 Å². The molecule has 31 heavy (non-hydrogen) atoms. The Labute approximate surface area is 190 Å². The molecule has 0 saturated carbocycles. The number of aromatic hydroxyl groups is 1. The van der Waals surface area contributed by atoms with Crippen molar-refractivity contribution in [3.8, 4) is 22.6 Å². The second-order valence-corrected chi connectivity index (χ2v) is 7.96. The lowest BCUT2D eigenvalue weighted by molar-refractivity contribution is -0.119. The van der Waals surface area contributed by atoms with E-state index in [0.29, 0.717) is 39.0 Å². The molecule has 0 aliphatic carbocycles. The van der Waals surface area contributed by atoms with Gasteiger partial charge in [0.05, 0.1) is 0 Å². The number of carbonyl (C=O) groups is 2. The number of halogens is 2. The van der Waals surface area contributed by atoms with Gasteiger partial charge in [-0.2, -0.15) is 0 Å². The largest absolute Gasteiger partial charge is 0.507 e. The molecule has 0 heterocycles. The number of ether oxygens (including phenoxy) is 1. The number of Topliss-reactive ketones (excluding diaryl/α,β-unsaturated/α-hetero) is 1. The molecule has 0 aliphatic rings. The number of hydrogen-bond donors (Lipinski definition) is 2. The summed E-state index contributed by atoms with van der Waals surface area (Å²) in [4.78, 5) is 22.4. The second kappa shape index (κ2) is 9.86. The number of ketones is 1. The minimum absolute atomic E-state index is 0.0507. The lowest BCUT2D eigenvalue weighted by Crippen LogP contribution is -2.06. The Balaban J connectivity index is 1.89. The first kappa shape index (κ1) is 22.7. The van der Waals surface area contributed by atoms with Gasteiger partial charge in [-0.05, 0) is 60.0 Å². The van der Waals surface area contributed by atoms with Crippen LogP contribution in [0.4, 0.5) is 5.69 Å². The van der Waals surface area contributed by atoms with Gasteiger partial charge >= 0.3 is 0 Å². The number of benzene rings is 3. The van der Waals surface area contributed by atoms with Crippen LogP contribution in [0.25, 0.3) is 11.1 Å². The third-order valence-electron chi connectivity index (χ3n) is 4.49. The van der Waals surface area contributed by atoms with Gasteiger partial charge < -0.3 is 15.2 Å². The van der Waals surface area contributed by atoms with Crippen LogP contribution >= 0.6 is 23.2 Å². The van der Waals surface area contributed by atoms with E-state index in [2.05, 4.69) is 5.32 Å². The standard InChI is InChI=1S/C24H21Cl2NO4/c1-14(28)13-31-19-11-22(25)21(23(26)12-19)9-16-6-7-24(30)20(8-16)17-4-3-5-18(10-17)27-15(2)29/h3-8,10-12,30H,9,13H2,1-2H3,(H,27,29). The van der Waals surface area contributed by atoms with Gasteiger partial charge in [0.1, 0.15) is 18.1 Å². The number of nitrogens with one attached hydrogen (secondary N) is 1. The first-order valence-electron chi connectivity index (χ1n) is 9.53. The van der Waals surface area contributed by atoms with E-state index in [-0.39, 0.29) is 24.0 Å². The van der Waals surface area contributed by atoms with Crippen molar-refractivity contribution in [3.63, 3.8) is 0 Å². The van der Waals surface area contributed by atoms with Gasteiger partial charge in [-0.15, -0.1) is 0 Å². The summed E-state index contributed by atoms with van der Waals surface area (Å²) >= 11 is 12.8. The summed E-state index contributed by atoms with van der Waals surface area (Å²) in [7, 11) is 0. The van der Waals surface area contributed by atoms with E-state index in [1.807, 2.05) is 12.1 Å². The van der Waals surface area contributed by atoms with Crippen molar-refractivity contribution >= 4 is 40.6 Å².